The molecule has 1 amide bonds. The van der Waals surface area contributed by atoms with Crippen LogP contribution in [0, 0.1) is 0 Å². The molecule has 19 heavy (non-hydrogen) atoms. The molecular weight excluding hydrogens is 248 g/mol. The Hall–Kier alpha value is -2.08. The number of carboxylic acid groups (broad SMARTS) is 1. The zero-order valence-electron chi connectivity index (χ0n) is 11.0. The maximum atomic E-state index is 11.7. The fourth-order valence-electron chi connectivity index (χ4n) is 1.62. The largest absolute Gasteiger partial charge is 0.496 e. The van der Waals surface area contributed by atoms with Crippen molar-refractivity contribution >= 4 is 17.6 Å². The molecule has 0 spiro atoms. The van der Waals surface area contributed by atoms with Gasteiger partial charge in [-0.15, -0.1) is 0 Å². The van der Waals surface area contributed by atoms with Crippen LogP contribution in [0.15, 0.2) is 18.2 Å². The summed E-state index contributed by atoms with van der Waals surface area (Å²) < 4.78 is 4.97. The molecule has 0 aromatic heterocycles. The number of carbonyl (C=O) groups excluding carboxylic acids is 1. The minimum absolute atomic E-state index is 0.0401. The maximum Gasteiger partial charge on any atom is 0.339 e. The molecule has 0 aliphatic carbocycles. The van der Waals surface area contributed by atoms with Gasteiger partial charge in [0.15, 0.2) is 0 Å². The van der Waals surface area contributed by atoms with Crippen LogP contribution in [0.2, 0.25) is 0 Å². The van der Waals surface area contributed by atoms with Crippen LogP contribution in [0.3, 0.4) is 0 Å². The van der Waals surface area contributed by atoms with Crippen LogP contribution in [0.1, 0.15) is 30.1 Å². The lowest BCUT2D eigenvalue weighted by Gasteiger charge is -2.12. The van der Waals surface area contributed by atoms with Gasteiger partial charge in [0.25, 0.3) is 0 Å². The molecule has 0 saturated heterocycles. The van der Waals surface area contributed by atoms with Gasteiger partial charge >= 0.3 is 5.97 Å². The van der Waals surface area contributed by atoms with E-state index in [1.165, 1.54) is 25.3 Å². The summed E-state index contributed by atoms with van der Waals surface area (Å²) >= 11 is 0. The smallest absolute Gasteiger partial charge is 0.339 e. The van der Waals surface area contributed by atoms with Crippen molar-refractivity contribution in [1.29, 1.82) is 0 Å². The first-order valence-electron chi connectivity index (χ1n) is 5.97. The molecule has 0 aliphatic heterocycles. The Labute approximate surface area is 111 Å². The van der Waals surface area contributed by atoms with E-state index in [1.54, 1.807) is 0 Å². The molecule has 1 unspecified atom stereocenters. The van der Waals surface area contributed by atoms with Gasteiger partial charge in [0.05, 0.1) is 13.2 Å². The van der Waals surface area contributed by atoms with Gasteiger partial charge in [0.2, 0.25) is 5.91 Å². The van der Waals surface area contributed by atoms with Gasteiger partial charge in [0.1, 0.15) is 11.3 Å². The van der Waals surface area contributed by atoms with Crippen LogP contribution in [-0.4, -0.2) is 30.1 Å². The number of hydrogen-bond donors (Lipinski definition) is 3. The van der Waals surface area contributed by atoms with E-state index >= 15 is 0 Å². The predicted molar refractivity (Wildman–Crippen MR) is 71.5 cm³/mol. The molecule has 4 N–H and O–H groups in total. The number of carboxylic acids is 1. The summed E-state index contributed by atoms with van der Waals surface area (Å²) in [5.41, 5.74) is 6.18. The molecule has 1 atom stereocenters. The third kappa shape index (κ3) is 3.96. The highest BCUT2D eigenvalue weighted by atomic mass is 16.5. The molecule has 1 aromatic carbocycles. The van der Waals surface area contributed by atoms with E-state index in [4.69, 9.17) is 15.6 Å². The van der Waals surface area contributed by atoms with Crippen LogP contribution >= 0.6 is 0 Å². The number of rotatable bonds is 6. The van der Waals surface area contributed by atoms with E-state index in [2.05, 4.69) is 5.32 Å². The summed E-state index contributed by atoms with van der Waals surface area (Å²) in [5.74, 6) is -1.20. The van der Waals surface area contributed by atoms with Crippen molar-refractivity contribution in [3.05, 3.63) is 23.8 Å². The Morgan fingerprint density at radius 3 is 2.68 bits per heavy atom. The Bertz CT molecular complexity index is 474. The highest BCUT2D eigenvalue weighted by molar-refractivity contribution is 5.96. The zero-order chi connectivity index (χ0) is 14.4. The standard InChI is InChI=1S/C13H18N2O4/c1-3-4-10(14)12(16)15-8-5-6-9(13(17)18)11(7-8)19-2/h5-7,10H,3-4,14H2,1-2H3,(H,15,16)(H,17,18). The summed E-state index contributed by atoms with van der Waals surface area (Å²) in [6.07, 6.45) is 1.41. The van der Waals surface area contributed by atoms with Gasteiger partial charge < -0.3 is 20.9 Å². The van der Waals surface area contributed by atoms with Crippen LogP contribution in [0.4, 0.5) is 5.69 Å². The average molecular weight is 266 g/mol. The summed E-state index contributed by atoms with van der Waals surface area (Å²) in [5, 5.41) is 11.6. The van der Waals surface area contributed by atoms with Crippen molar-refractivity contribution < 1.29 is 19.4 Å². The average Bonchev–Trinajstić information content (AvgIpc) is 2.38. The molecule has 1 aromatic rings. The molecule has 0 bridgehead atoms. The van der Waals surface area contributed by atoms with E-state index in [0.717, 1.165) is 6.42 Å². The lowest BCUT2D eigenvalue weighted by Crippen LogP contribution is -2.35. The molecule has 6 heteroatoms. The SMILES string of the molecule is CCCC(N)C(=O)Nc1ccc(C(=O)O)c(OC)c1. The number of anilines is 1. The number of methoxy groups -OCH3 is 1. The second kappa shape index (κ2) is 6.75. The third-order valence-electron chi connectivity index (χ3n) is 2.64. The number of amides is 1. The summed E-state index contributed by atoms with van der Waals surface area (Å²) in [6, 6.07) is 3.76. The van der Waals surface area contributed by atoms with Crippen LogP contribution < -0.4 is 15.8 Å². The zero-order valence-corrected chi connectivity index (χ0v) is 11.0. The normalized spacial score (nSPS) is 11.7. The first kappa shape index (κ1) is 15.0. The molecule has 1 rings (SSSR count). The Balaban J connectivity index is 2.86. The first-order valence-corrected chi connectivity index (χ1v) is 5.97. The number of carbonyl (C=O) groups is 2. The second-order valence-electron chi connectivity index (χ2n) is 4.10. The first-order chi connectivity index (χ1) is 8.99. The van der Waals surface area contributed by atoms with E-state index in [1.807, 2.05) is 6.92 Å². The van der Waals surface area contributed by atoms with E-state index < -0.39 is 12.0 Å². The van der Waals surface area contributed by atoms with E-state index in [9.17, 15) is 9.59 Å². The molecule has 0 saturated carbocycles. The quantitative estimate of drug-likeness (QED) is 0.723. The summed E-state index contributed by atoms with van der Waals surface area (Å²) in [6.45, 7) is 1.94. The highest BCUT2D eigenvalue weighted by Crippen LogP contribution is 2.23. The number of nitrogens with one attached hydrogen (secondary N) is 1. The van der Waals surface area contributed by atoms with Gasteiger partial charge in [-0.05, 0) is 18.6 Å². The number of hydrogen-bond acceptors (Lipinski definition) is 4. The van der Waals surface area contributed by atoms with Crippen molar-refractivity contribution in [2.75, 3.05) is 12.4 Å². The van der Waals surface area contributed by atoms with Crippen molar-refractivity contribution in [2.45, 2.75) is 25.8 Å². The Kier molecular flexibility index (Phi) is 5.32. The van der Waals surface area contributed by atoms with E-state index in [0.29, 0.717) is 12.1 Å². The molecular formula is C13H18N2O4. The van der Waals surface area contributed by atoms with Crippen molar-refractivity contribution in [3.8, 4) is 5.75 Å². The highest BCUT2D eigenvalue weighted by Gasteiger charge is 2.15. The minimum atomic E-state index is -1.09. The van der Waals surface area contributed by atoms with E-state index in [-0.39, 0.29) is 17.2 Å². The van der Waals surface area contributed by atoms with Gasteiger partial charge in [-0.2, -0.15) is 0 Å². The third-order valence-corrected chi connectivity index (χ3v) is 2.64. The number of aromatic carboxylic acids is 1. The summed E-state index contributed by atoms with van der Waals surface area (Å²) in [4.78, 5) is 22.6. The second-order valence-corrected chi connectivity index (χ2v) is 4.10. The van der Waals surface area contributed by atoms with Gasteiger partial charge in [-0.3, -0.25) is 4.79 Å². The minimum Gasteiger partial charge on any atom is -0.496 e. The molecule has 0 aliphatic rings. The van der Waals surface area contributed by atoms with Crippen LogP contribution in [0.5, 0.6) is 5.75 Å². The van der Waals surface area contributed by atoms with Gasteiger partial charge in [-0.1, -0.05) is 13.3 Å². The molecule has 0 radical (unpaired) electrons. The van der Waals surface area contributed by atoms with Crippen LogP contribution in [-0.2, 0) is 4.79 Å². The van der Waals surface area contributed by atoms with Crippen LogP contribution in [0.25, 0.3) is 0 Å². The van der Waals surface area contributed by atoms with Gasteiger partial charge in [0, 0.05) is 11.8 Å². The van der Waals surface area contributed by atoms with Crippen molar-refractivity contribution in [2.24, 2.45) is 5.73 Å². The molecule has 0 fully saturated rings. The Morgan fingerprint density at radius 2 is 2.16 bits per heavy atom. The van der Waals surface area contributed by atoms with Gasteiger partial charge in [-0.25, -0.2) is 4.79 Å². The number of ether oxygens (including phenoxy) is 1. The summed E-state index contributed by atoms with van der Waals surface area (Å²) in [7, 11) is 1.37. The lowest BCUT2D eigenvalue weighted by atomic mass is 10.1. The molecule has 0 heterocycles. The number of nitrogens with two attached hydrogens (primary N) is 1. The lowest BCUT2D eigenvalue weighted by molar-refractivity contribution is -0.117. The topological polar surface area (TPSA) is 102 Å². The molecule has 6 nitrogen and oxygen atoms in total. The molecule has 104 valence electrons. The van der Waals surface area contributed by atoms with Crippen molar-refractivity contribution in [1.82, 2.24) is 0 Å². The monoisotopic (exact) mass is 266 g/mol. The fourth-order valence-corrected chi connectivity index (χ4v) is 1.62. The predicted octanol–water partition coefficient (Wildman–Crippen LogP) is 1.46. The van der Waals surface area contributed by atoms with Crippen molar-refractivity contribution in [3.63, 3.8) is 0 Å². The fraction of sp³-hybridized carbons (Fsp3) is 0.385. The Morgan fingerprint density at radius 1 is 1.47 bits per heavy atom. The maximum absolute atomic E-state index is 11.7. The number of benzene rings is 1.